The van der Waals surface area contributed by atoms with Crippen molar-refractivity contribution in [2.24, 2.45) is 0 Å². The number of rotatable bonds is 7. The molecule has 5 nitrogen and oxygen atoms in total. The second kappa shape index (κ2) is 10.7. The molecule has 0 aliphatic rings. The van der Waals surface area contributed by atoms with Crippen molar-refractivity contribution in [1.82, 2.24) is 0 Å². The van der Waals surface area contributed by atoms with E-state index in [1.807, 2.05) is 13.8 Å². The van der Waals surface area contributed by atoms with Crippen molar-refractivity contribution in [1.29, 1.82) is 0 Å². The average Bonchev–Trinajstić information content (AvgIpc) is 2.35. The van der Waals surface area contributed by atoms with Crippen LogP contribution in [0.25, 0.3) is 0 Å². The highest BCUT2D eigenvalue weighted by Gasteiger charge is 2.27. The summed E-state index contributed by atoms with van der Waals surface area (Å²) in [7, 11) is 0. The minimum atomic E-state index is -0.861. The summed E-state index contributed by atoms with van der Waals surface area (Å²) < 4.78 is 4.95. The van der Waals surface area contributed by atoms with Crippen LogP contribution in [-0.4, -0.2) is 57.6 Å². The molecule has 3 unspecified atom stereocenters. The Kier molecular flexibility index (Phi) is 12.0. The highest BCUT2D eigenvalue weighted by Crippen LogP contribution is 2.18. The van der Waals surface area contributed by atoms with Crippen LogP contribution in [0.1, 0.15) is 47.5 Å². The van der Waals surface area contributed by atoms with Gasteiger partial charge in [0.25, 0.3) is 0 Å². The fraction of sp³-hybridized carbons (Fsp3) is 1.00. The molecule has 0 bridgehead atoms. The topological polar surface area (TPSA) is 90.2 Å². The van der Waals surface area contributed by atoms with Crippen molar-refractivity contribution in [2.75, 3.05) is 13.2 Å². The van der Waals surface area contributed by atoms with Gasteiger partial charge in [0.2, 0.25) is 0 Å². The molecule has 4 N–H and O–H groups in total. The first-order chi connectivity index (χ1) is 8.23. The molecule has 0 aromatic heterocycles. The van der Waals surface area contributed by atoms with Crippen molar-refractivity contribution in [3.05, 3.63) is 0 Å². The lowest BCUT2D eigenvalue weighted by molar-refractivity contribution is -0.0707. The van der Waals surface area contributed by atoms with E-state index in [0.717, 1.165) is 0 Å². The van der Waals surface area contributed by atoms with E-state index in [-0.39, 0.29) is 12.7 Å². The Morgan fingerprint density at radius 1 is 1.06 bits per heavy atom. The first kappa shape index (κ1) is 20.1. The molecule has 0 saturated carbocycles. The third-order valence-corrected chi connectivity index (χ3v) is 2.88. The van der Waals surface area contributed by atoms with Crippen LogP contribution in [0.15, 0.2) is 0 Å². The van der Waals surface area contributed by atoms with Gasteiger partial charge in [0, 0.05) is 0 Å². The third kappa shape index (κ3) is 9.79. The summed E-state index contributed by atoms with van der Waals surface area (Å²) in [5.74, 6) is 0. The molecule has 0 heterocycles. The van der Waals surface area contributed by atoms with E-state index in [4.69, 9.17) is 20.1 Å². The molecule has 5 heteroatoms. The zero-order valence-electron chi connectivity index (χ0n) is 12.3. The molecule has 0 saturated heterocycles. The molecule has 0 rings (SSSR count). The first-order valence-electron chi connectivity index (χ1n) is 6.54. The molecule has 0 aliphatic carbocycles. The fourth-order valence-corrected chi connectivity index (χ4v) is 1.20. The Morgan fingerprint density at radius 2 is 1.50 bits per heavy atom. The monoisotopic (exact) mass is 266 g/mol. The van der Waals surface area contributed by atoms with Crippen LogP contribution in [0.3, 0.4) is 0 Å². The smallest absolute Gasteiger partial charge is 0.0897 e. The molecule has 0 fully saturated rings. The van der Waals surface area contributed by atoms with Crippen LogP contribution in [-0.2, 0) is 4.74 Å². The zero-order chi connectivity index (χ0) is 14.8. The van der Waals surface area contributed by atoms with Crippen LogP contribution in [0, 0.1) is 0 Å². The van der Waals surface area contributed by atoms with Crippen molar-refractivity contribution < 1.29 is 25.2 Å². The Morgan fingerprint density at radius 3 is 1.67 bits per heavy atom. The Labute approximate surface area is 110 Å². The van der Waals surface area contributed by atoms with E-state index in [1.165, 1.54) is 0 Å². The van der Waals surface area contributed by atoms with Crippen LogP contribution in [0.2, 0.25) is 0 Å². The number of aliphatic hydroxyl groups is 4. The molecular formula is C13H30O5. The number of aliphatic hydroxyl groups excluding tert-OH is 3. The Bertz CT molecular complexity index is 178. The third-order valence-electron chi connectivity index (χ3n) is 2.88. The summed E-state index contributed by atoms with van der Waals surface area (Å²) in [6.45, 7) is 9.06. The summed E-state index contributed by atoms with van der Waals surface area (Å²) in [6.07, 6.45) is -0.00593. The fourth-order valence-electron chi connectivity index (χ4n) is 1.20. The molecule has 0 aromatic rings. The molecule has 0 aliphatic heterocycles. The van der Waals surface area contributed by atoms with Gasteiger partial charge in [0.15, 0.2) is 0 Å². The molecule has 0 spiro atoms. The lowest BCUT2D eigenvalue weighted by Crippen LogP contribution is -2.38. The van der Waals surface area contributed by atoms with E-state index < -0.39 is 17.8 Å². The summed E-state index contributed by atoms with van der Waals surface area (Å²) in [5.41, 5.74) is -0.861. The van der Waals surface area contributed by atoms with Gasteiger partial charge in [-0.05, 0) is 33.6 Å². The molecule has 0 radical (unpaired) electrons. The van der Waals surface area contributed by atoms with E-state index in [9.17, 15) is 5.11 Å². The van der Waals surface area contributed by atoms with Gasteiger partial charge in [0.05, 0.1) is 37.1 Å². The molecule has 0 amide bonds. The molecule has 0 aromatic carbocycles. The largest absolute Gasteiger partial charge is 0.394 e. The van der Waals surface area contributed by atoms with Crippen LogP contribution in [0.4, 0.5) is 0 Å². The normalized spacial score (nSPS) is 16.5. The van der Waals surface area contributed by atoms with Gasteiger partial charge in [-0.15, -0.1) is 0 Å². The molecular weight excluding hydrogens is 236 g/mol. The van der Waals surface area contributed by atoms with Crippen LogP contribution in [0.5, 0.6) is 0 Å². The van der Waals surface area contributed by atoms with Gasteiger partial charge in [-0.1, -0.05) is 13.8 Å². The van der Waals surface area contributed by atoms with Crippen molar-refractivity contribution in [3.63, 3.8) is 0 Å². The average molecular weight is 266 g/mol. The van der Waals surface area contributed by atoms with E-state index in [2.05, 4.69) is 0 Å². The van der Waals surface area contributed by atoms with Crippen LogP contribution >= 0.6 is 0 Å². The van der Waals surface area contributed by atoms with Crippen molar-refractivity contribution in [3.8, 4) is 0 Å². The predicted molar refractivity (Wildman–Crippen MR) is 71.4 cm³/mol. The lowest BCUT2D eigenvalue weighted by atomic mass is 9.92. The second-order valence-corrected chi connectivity index (χ2v) is 4.66. The van der Waals surface area contributed by atoms with Gasteiger partial charge >= 0.3 is 0 Å². The molecule has 112 valence electrons. The van der Waals surface area contributed by atoms with Gasteiger partial charge in [-0.2, -0.15) is 0 Å². The maximum Gasteiger partial charge on any atom is 0.0897 e. The standard InChI is InChI=1S/C7H16O2.C6H14O3/c1-4-7(9,5-2)6(3)8;1-5(8)4-9-6(2)3-7/h6,8-9H,4-5H2,1-3H3;5-8H,3-4H2,1-2H3. The minimum absolute atomic E-state index is 0.00667. The highest BCUT2D eigenvalue weighted by molar-refractivity contribution is 4.80. The summed E-state index contributed by atoms with van der Waals surface area (Å²) in [6, 6.07) is 0. The zero-order valence-corrected chi connectivity index (χ0v) is 12.3. The quantitative estimate of drug-likeness (QED) is 0.544. The predicted octanol–water partition coefficient (Wildman–Crippen LogP) is 0.683. The van der Waals surface area contributed by atoms with Gasteiger partial charge in [-0.25, -0.2) is 0 Å². The van der Waals surface area contributed by atoms with Crippen molar-refractivity contribution in [2.45, 2.75) is 71.4 Å². The number of hydrogen-bond donors (Lipinski definition) is 4. The summed E-state index contributed by atoms with van der Waals surface area (Å²) >= 11 is 0. The maximum absolute atomic E-state index is 9.46. The first-order valence-corrected chi connectivity index (χ1v) is 6.54. The summed E-state index contributed by atoms with van der Waals surface area (Å²) in [5, 5.41) is 35.6. The van der Waals surface area contributed by atoms with E-state index in [1.54, 1.807) is 20.8 Å². The highest BCUT2D eigenvalue weighted by atomic mass is 16.5. The second-order valence-electron chi connectivity index (χ2n) is 4.66. The molecule has 18 heavy (non-hydrogen) atoms. The Balaban J connectivity index is 0. The lowest BCUT2D eigenvalue weighted by Gasteiger charge is -2.27. The molecule has 3 atom stereocenters. The van der Waals surface area contributed by atoms with E-state index in [0.29, 0.717) is 19.4 Å². The number of hydrogen-bond acceptors (Lipinski definition) is 5. The maximum atomic E-state index is 9.46. The van der Waals surface area contributed by atoms with Gasteiger partial charge < -0.3 is 25.2 Å². The Hall–Kier alpha value is -0.200. The van der Waals surface area contributed by atoms with E-state index >= 15 is 0 Å². The minimum Gasteiger partial charge on any atom is -0.394 e. The van der Waals surface area contributed by atoms with Crippen LogP contribution < -0.4 is 0 Å². The van der Waals surface area contributed by atoms with Gasteiger partial charge in [0.1, 0.15) is 0 Å². The van der Waals surface area contributed by atoms with Gasteiger partial charge in [-0.3, -0.25) is 0 Å². The SMILES string of the molecule is CC(O)COC(C)CO.CCC(O)(CC)C(C)O. The number of ether oxygens (including phenoxy) is 1. The summed E-state index contributed by atoms with van der Waals surface area (Å²) in [4.78, 5) is 0. The van der Waals surface area contributed by atoms with Crippen molar-refractivity contribution >= 4 is 0 Å².